The first-order valence-electron chi connectivity index (χ1n) is 3.02. The van der Waals surface area contributed by atoms with Gasteiger partial charge in [0.05, 0.1) is 20.7 Å². The molecule has 1 aromatic carbocycles. The van der Waals surface area contributed by atoms with Crippen LogP contribution < -0.4 is 5.73 Å². The average Bonchev–Trinajstić information content (AvgIpc) is 2.07. The lowest BCUT2D eigenvalue weighted by atomic mass is 10.3. The van der Waals surface area contributed by atoms with Crippen molar-refractivity contribution in [1.29, 1.82) is 0 Å². The number of rotatable bonds is 1. The van der Waals surface area contributed by atoms with Crippen molar-refractivity contribution in [2.45, 2.75) is 0 Å². The Morgan fingerprint density at radius 1 is 1.23 bits per heavy atom. The van der Waals surface area contributed by atoms with Gasteiger partial charge in [-0.15, -0.1) is 0 Å². The maximum atomic E-state index is 10.4. The van der Waals surface area contributed by atoms with Crippen LogP contribution in [0.25, 0.3) is 0 Å². The Kier molecular flexibility index (Phi) is 2.85. The van der Waals surface area contributed by atoms with Gasteiger partial charge in [0, 0.05) is 6.07 Å². The molecule has 13 heavy (non-hydrogen) atoms. The van der Waals surface area contributed by atoms with Crippen molar-refractivity contribution < 1.29 is 4.92 Å². The summed E-state index contributed by atoms with van der Waals surface area (Å²) in [6.45, 7) is 0. The lowest BCUT2D eigenvalue weighted by molar-refractivity contribution is -0.384. The van der Waals surface area contributed by atoms with Crippen LogP contribution in [0.5, 0.6) is 0 Å². The zero-order valence-electron chi connectivity index (χ0n) is 6.05. The summed E-state index contributed by atoms with van der Waals surface area (Å²) < 4.78 is 0. The van der Waals surface area contributed by atoms with Gasteiger partial charge < -0.3 is 5.73 Å². The Morgan fingerprint density at radius 2 is 1.77 bits per heavy atom. The highest BCUT2D eigenvalue weighted by Gasteiger charge is 2.20. The van der Waals surface area contributed by atoms with Gasteiger partial charge in [-0.3, -0.25) is 10.1 Å². The van der Waals surface area contributed by atoms with Crippen LogP contribution in [0.1, 0.15) is 0 Å². The SMILES string of the molecule is Nc1cc([N+](=O)[O-])c(Cl)c(Cl)c1Cl. The number of nitrogens with two attached hydrogens (primary N) is 1. The number of anilines is 1. The summed E-state index contributed by atoms with van der Waals surface area (Å²) in [4.78, 5) is 9.72. The fraction of sp³-hybridized carbons (Fsp3) is 0. The Bertz CT molecular complexity index is 381. The van der Waals surface area contributed by atoms with E-state index in [1.54, 1.807) is 0 Å². The van der Waals surface area contributed by atoms with Gasteiger partial charge in [-0.1, -0.05) is 34.8 Å². The largest absolute Gasteiger partial charge is 0.397 e. The number of hydrogen-bond acceptors (Lipinski definition) is 3. The average molecular weight is 241 g/mol. The summed E-state index contributed by atoms with van der Waals surface area (Å²) in [6, 6.07) is 1.07. The summed E-state index contributed by atoms with van der Waals surface area (Å²) in [5, 5.41) is 10.1. The van der Waals surface area contributed by atoms with Crippen LogP contribution in [0.3, 0.4) is 0 Å². The summed E-state index contributed by atoms with van der Waals surface area (Å²) in [5.74, 6) is 0. The van der Waals surface area contributed by atoms with Crippen molar-refractivity contribution in [3.63, 3.8) is 0 Å². The smallest absolute Gasteiger partial charge is 0.291 e. The molecule has 0 aromatic heterocycles. The van der Waals surface area contributed by atoms with Gasteiger partial charge in [0.15, 0.2) is 0 Å². The van der Waals surface area contributed by atoms with E-state index in [1.807, 2.05) is 0 Å². The molecule has 0 radical (unpaired) electrons. The molecule has 0 aliphatic rings. The van der Waals surface area contributed by atoms with Gasteiger partial charge in [0.1, 0.15) is 5.02 Å². The molecule has 1 rings (SSSR count). The zero-order valence-corrected chi connectivity index (χ0v) is 8.32. The third kappa shape index (κ3) is 1.80. The highest BCUT2D eigenvalue weighted by atomic mass is 35.5. The van der Waals surface area contributed by atoms with E-state index in [-0.39, 0.29) is 26.4 Å². The maximum absolute atomic E-state index is 10.4. The molecule has 0 fully saturated rings. The minimum absolute atomic E-state index is 0.0252. The second kappa shape index (κ2) is 3.57. The van der Waals surface area contributed by atoms with E-state index in [2.05, 4.69) is 0 Å². The highest BCUT2D eigenvalue weighted by molar-refractivity contribution is 6.50. The number of nitrogens with zero attached hydrogens (tertiary/aromatic N) is 1. The van der Waals surface area contributed by atoms with Gasteiger partial charge in [0.25, 0.3) is 5.69 Å². The summed E-state index contributed by atoms with van der Waals surface area (Å²) >= 11 is 16.7. The number of nitro benzene ring substituents is 1. The molecule has 0 aliphatic heterocycles. The summed E-state index contributed by atoms with van der Waals surface area (Å²) in [6.07, 6.45) is 0. The van der Waals surface area contributed by atoms with E-state index in [9.17, 15) is 10.1 Å². The molecule has 70 valence electrons. The number of nitro groups is 1. The second-order valence-electron chi connectivity index (χ2n) is 2.18. The Labute approximate surface area is 88.3 Å². The summed E-state index contributed by atoms with van der Waals surface area (Å²) in [5.41, 5.74) is 5.03. The number of nitrogen functional groups attached to an aromatic ring is 1. The number of hydrogen-bond donors (Lipinski definition) is 1. The predicted octanol–water partition coefficient (Wildman–Crippen LogP) is 3.14. The first kappa shape index (κ1) is 10.4. The van der Waals surface area contributed by atoms with Crippen LogP contribution in [0.2, 0.25) is 15.1 Å². The second-order valence-corrected chi connectivity index (χ2v) is 3.32. The van der Waals surface area contributed by atoms with Crippen LogP contribution in [0.4, 0.5) is 11.4 Å². The van der Waals surface area contributed by atoms with Crippen LogP contribution in [0, 0.1) is 10.1 Å². The first-order chi connectivity index (χ1) is 5.95. The fourth-order valence-electron chi connectivity index (χ4n) is 0.742. The monoisotopic (exact) mass is 240 g/mol. The van der Waals surface area contributed by atoms with Gasteiger partial charge in [0.2, 0.25) is 0 Å². The van der Waals surface area contributed by atoms with E-state index in [1.165, 1.54) is 0 Å². The van der Waals surface area contributed by atoms with Gasteiger partial charge in [-0.2, -0.15) is 0 Å². The van der Waals surface area contributed by atoms with Crippen molar-refractivity contribution in [2.75, 3.05) is 5.73 Å². The zero-order chi connectivity index (χ0) is 10.2. The van der Waals surface area contributed by atoms with E-state index < -0.39 is 4.92 Å². The lowest BCUT2D eigenvalue weighted by Crippen LogP contribution is -1.94. The molecule has 0 spiro atoms. The highest BCUT2D eigenvalue weighted by Crippen LogP contribution is 2.40. The molecule has 7 heteroatoms. The minimum Gasteiger partial charge on any atom is -0.397 e. The molecule has 0 bridgehead atoms. The van der Waals surface area contributed by atoms with Crippen LogP contribution in [0.15, 0.2) is 6.07 Å². The molecule has 2 N–H and O–H groups in total. The molecule has 0 heterocycles. The molecule has 0 aliphatic carbocycles. The normalized spacial score (nSPS) is 10.1. The molecule has 0 amide bonds. The van der Waals surface area contributed by atoms with Crippen molar-refractivity contribution in [1.82, 2.24) is 0 Å². The van der Waals surface area contributed by atoms with Crippen molar-refractivity contribution in [3.8, 4) is 0 Å². The molecule has 0 saturated heterocycles. The fourth-order valence-corrected chi connectivity index (χ4v) is 1.36. The standard InChI is InChI=1S/C6H3Cl3N2O2/c7-4-2(10)1-3(11(12)13)5(8)6(4)9/h1H,10H2. The molecular weight excluding hydrogens is 238 g/mol. The van der Waals surface area contributed by atoms with Crippen LogP contribution in [-0.4, -0.2) is 4.92 Å². The molecule has 0 saturated carbocycles. The first-order valence-corrected chi connectivity index (χ1v) is 4.16. The Morgan fingerprint density at radius 3 is 2.23 bits per heavy atom. The number of benzene rings is 1. The van der Waals surface area contributed by atoms with Crippen LogP contribution in [-0.2, 0) is 0 Å². The third-order valence-corrected chi connectivity index (χ3v) is 2.71. The van der Waals surface area contributed by atoms with Crippen molar-refractivity contribution >= 4 is 46.2 Å². The third-order valence-electron chi connectivity index (χ3n) is 1.35. The quantitative estimate of drug-likeness (QED) is 0.355. The van der Waals surface area contributed by atoms with Crippen molar-refractivity contribution in [3.05, 3.63) is 31.2 Å². The van der Waals surface area contributed by atoms with Gasteiger partial charge in [-0.05, 0) is 0 Å². The Balaban J connectivity index is 3.50. The van der Waals surface area contributed by atoms with E-state index in [0.717, 1.165) is 6.07 Å². The van der Waals surface area contributed by atoms with E-state index >= 15 is 0 Å². The van der Waals surface area contributed by atoms with Gasteiger partial charge >= 0.3 is 0 Å². The van der Waals surface area contributed by atoms with E-state index in [4.69, 9.17) is 40.5 Å². The molecule has 0 unspecified atom stereocenters. The molecular formula is C6H3Cl3N2O2. The predicted molar refractivity (Wildman–Crippen MR) is 52.5 cm³/mol. The summed E-state index contributed by atoms with van der Waals surface area (Å²) in [7, 11) is 0. The molecule has 0 atom stereocenters. The van der Waals surface area contributed by atoms with Crippen LogP contribution >= 0.6 is 34.8 Å². The topological polar surface area (TPSA) is 69.2 Å². The molecule has 1 aromatic rings. The van der Waals surface area contributed by atoms with Crippen molar-refractivity contribution in [2.24, 2.45) is 0 Å². The molecule has 4 nitrogen and oxygen atoms in total. The lowest BCUT2D eigenvalue weighted by Gasteiger charge is -2.02. The minimum atomic E-state index is -0.680. The Hall–Kier alpha value is -0.710. The maximum Gasteiger partial charge on any atom is 0.291 e. The number of halogens is 3. The van der Waals surface area contributed by atoms with Gasteiger partial charge in [-0.25, -0.2) is 0 Å². The van der Waals surface area contributed by atoms with E-state index in [0.29, 0.717) is 0 Å².